The van der Waals surface area contributed by atoms with E-state index in [1.807, 2.05) is 24.4 Å². The van der Waals surface area contributed by atoms with E-state index in [0.717, 1.165) is 30.6 Å². The zero-order valence-electron chi connectivity index (χ0n) is 15.0. The smallest absolute Gasteiger partial charge is 0.347 e. The van der Waals surface area contributed by atoms with Crippen molar-refractivity contribution in [2.75, 3.05) is 5.32 Å². The summed E-state index contributed by atoms with van der Waals surface area (Å²) >= 11 is 1.46. The molecule has 0 saturated carbocycles. The third-order valence-electron chi connectivity index (χ3n) is 4.40. The van der Waals surface area contributed by atoms with E-state index >= 15 is 0 Å². The molecule has 0 aliphatic carbocycles. The van der Waals surface area contributed by atoms with Crippen LogP contribution in [-0.2, 0) is 4.79 Å². The summed E-state index contributed by atoms with van der Waals surface area (Å²) in [4.78, 5) is 30.0. The maximum Gasteiger partial charge on any atom is 0.347 e. The Kier molecular flexibility index (Phi) is 5.83. The van der Waals surface area contributed by atoms with E-state index < -0.39 is 5.63 Å². The summed E-state index contributed by atoms with van der Waals surface area (Å²) in [6, 6.07) is 8.89. The molecule has 1 unspecified atom stereocenters. The monoisotopic (exact) mass is 370 g/mol. The highest BCUT2D eigenvalue weighted by molar-refractivity contribution is 7.13. The van der Waals surface area contributed by atoms with Gasteiger partial charge in [0.25, 0.3) is 0 Å². The fourth-order valence-corrected chi connectivity index (χ4v) is 3.52. The molecule has 5 nitrogen and oxygen atoms in total. The molecule has 6 heteroatoms. The number of thiophene rings is 1. The van der Waals surface area contributed by atoms with Crippen molar-refractivity contribution in [1.82, 2.24) is 4.98 Å². The van der Waals surface area contributed by atoms with Crippen LogP contribution in [0.4, 0.5) is 5.69 Å². The Morgan fingerprint density at radius 2 is 2.15 bits per heavy atom. The molecule has 1 atom stereocenters. The van der Waals surface area contributed by atoms with Crippen LogP contribution in [0.2, 0.25) is 0 Å². The number of carbonyl (C=O) groups is 1. The third kappa shape index (κ3) is 4.02. The Morgan fingerprint density at radius 1 is 1.31 bits per heavy atom. The number of fused-ring (bicyclic) bond motifs is 1. The number of nitrogens with one attached hydrogen (secondary N) is 1. The number of hydrogen-bond acceptors (Lipinski definition) is 5. The van der Waals surface area contributed by atoms with Crippen LogP contribution in [-0.4, -0.2) is 10.9 Å². The van der Waals surface area contributed by atoms with Crippen molar-refractivity contribution in [2.45, 2.75) is 39.5 Å². The average Bonchev–Trinajstić information content (AvgIpc) is 3.17. The van der Waals surface area contributed by atoms with Crippen molar-refractivity contribution < 1.29 is 9.21 Å². The standard InChI is InChI=1S/C20H22N2O3S/c1-3-5-7-13(4-2)18(23)21-14-9-10-16-15(12-14)20(24)25-19(22-16)17-8-6-11-26-17/h6,8-13H,3-5,7H2,1-2H3,(H,21,23). The third-order valence-corrected chi connectivity index (χ3v) is 5.25. The van der Waals surface area contributed by atoms with E-state index in [2.05, 4.69) is 17.2 Å². The number of rotatable bonds is 7. The van der Waals surface area contributed by atoms with Gasteiger partial charge in [-0.3, -0.25) is 4.79 Å². The fraction of sp³-hybridized carbons (Fsp3) is 0.350. The SMILES string of the molecule is CCCCC(CC)C(=O)Nc1ccc2nc(-c3cccs3)oc(=O)c2c1. The second-order valence-corrected chi connectivity index (χ2v) is 7.20. The second-order valence-electron chi connectivity index (χ2n) is 6.25. The highest BCUT2D eigenvalue weighted by Crippen LogP contribution is 2.24. The maximum absolute atomic E-state index is 12.5. The van der Waals surface area contributed by atoms with Crippen molar-refractivity contribution in [2.24, 2.45) is 5.92 Å². The fourth-order valence-electron chi connectivity index (χ4n) is 2.87. The molecule has 0 aliphatic heterocycles. The Hall–Kier alpha value is -2.47. The van der Waals surface area contributed by atoms with Gasteiger partial charge < -0.3 is 9.73 Å². The van der Waals surface area contributed by atoms with Crippen LogP contribution in [0.5, 0.6) is 0 Å². The number of unbranched alkanes of at least 4 members (excludes halogenated alkanes) is 1. The molecule has 0 spiro atoms. The minimum atomic E-state index is -0.451. The quantitative estimate of drug-likeness (QED) is 0.630. The first-order valence-corrected chi connectivity index (χ1v) is 9.80. The predicted octanol–water partition coefficient (Wildman–Crippen LogP) is 5.07. The summed E-state index contributed by atoms with van der Waals surface area (Å²) < 4.78 is 5.35. The van der Waals surface area contributed by atoms with Gasteiger partial charge in [0, 0.05) is 11.6 Å². The number of amides is 1. The Labute approximate surface area is 156 Å². The molecule has 0 radical (unpaired) electrons. The van der Waals surface area contributed by atoms with Crippen molar-refractivity contribution in [3.63, 3.8) is 0 Å². The van der Waals surface area contributed by atoms with Gasteiger partial charge in [-0.05, 0) is 42.5 Å². The van der Waals surface area contributed by atoms with Crippen LogP contribution in [0.1, 0.15) is 39.5 Å². The molecular weight excluding hydrogens is 348 g/mol. The van der Waals surface area contributed by atoms with Crippen LogP contribution in [0.25, 0.3) is 21.7 Å². The second kappa shape index (κ2) is 8.27. The van der Waals surface area contributed by atoms with Gasteiger partial charge in [0.15, 0.2) is 0 Å². The Bertz CT molecular complexity index is 947. The van der Waals surface area contributed by atoms with Gasteiger partial charge in [-0.25, -0.2) is 9.78 Å². The molecule has 2 aromatic heterocycles. The molecule has 1 N–H and O–H groups in total. The number of hydrogen-bond donors (Lipinski definition) is 1. The molecule has 0 bridgehead atoms. The summed E-state index contributed by atoms with van der Waals surface area (Å²) in [6.45, 7) is 4.13. The van der Waals surface area contributed by atoms with Gasteiger partial charge in [-0.1, -0.05) is 32.8 Å². The number of anilines is 1. The molecule has 2 heterocycles. The molecule has 1 aromatic carbocycles. The van der Waals surface area contributed by atoms with E-state index in [-0.39, 0.29) is 11.8 Å². The van der Waals surface area contributed by atoms with Crippen LogP contribution >= 0.6 is 11.3 Å². The first-order valence-electron chi connectivity index (χ1n) is 8.92. The highest BCUT2D eigenvalue weighted by Gasteiger charge is 2.17. The number of aromatic nitrogens is 1. The lowest BCUT2D eigenvalue weighted by atomic mass is 9.98. The molecule has 0 aliphatic rings. The average molecular weight is 370 g/mol. The van der Waals surface area contributed by atoms with Crippen LogP contribution in [0.3, 0.4) is 0 Å². The molecular formula is C20H22N2O3S. The predicted molar refractivity (Wildman–Crippen MR) is 106 cm³/mol. The minimum absolute atomic E-state index is 0.00662. The van der Waals surface area contributed by atoms with Crippen LogP contribution < -0.4 is 10.9 Å². The summed E-state index contributed by atoms with van der Waals surface area (Å²) in [5.74, 6) is 0.300. The molecule has 136 valence electrons. The maximum atomic E-state index is 12.5. The first-order chi connectivity index (χ1) is 12.6. The molecule has 3 rings (SSSR count). The highest BCUT2D eigenvalue weighted by atomic mass is 32.1. The van der Waals surface area contributed by atoms with Gasteiger partial charge >= 0.3 is 5.63 Å². The van der Waals surface area contributed by atoms with Gasteiger partial charge in [-0.15, -0.1) is 11.3 Å². The summed E-state index contributed by atoms with van der Waals surface area (Å²) in [7, 11) is 0. The van der Waals surface area contributed by atoms with Gasteiger partial charge in [0.05, 0.1) is 15.8 Å². The van der Waals surface area contributed by atoms with E-state index in [4.69, 9.17) is 4.42 Å². The van der Waals surface area contributed by atoms with Gasteiger partial charge in [0.2, 0.25) is 11.8 Å². The summed E-state index contributed by atoms with van der Waals surface area (Å²) in [5, 5.41) is 5.19. The van der Waals surface area contributed by atoms with Crippen molar-refractivity contribution >= 4 is 33.8 Å². The number of benzene rings is 1. The Balaban J connectivity index is 1.85. The zero-order chi connectivity index (χ0) is 18.5. The van der Waals surface area contributed by atoms with Crippen molar-refractivity contribution in [3.8, 4) is 10.8 Å². The Morgan fingerprint density at radius 3 is 2.85 bits per heavy atom. The summed E-state index contributed by atoms with van der Waals surface area (Å²) in [6.07, 6.45) is 3.77. The first kappa shape index (κ1) is 18.3. The van der Waals surface area contributed by atoms with E-state index in [1.165, 1.54) is 11.3 Å². The molecule has 1 amide bonds. The molecule has 3 aromatic rings. The van der Waals surface area contributed by atoms with E-state index in [9.17, 15) is 9.59 Å². The van der Waals surface area contributed by atoms with Gasteiger partial charge in [-0.2, -0.15) is 0 Å². The zero-order valence-corrected chi connectivity index (χ0v) is 15.8. The minimum Gasteiger partial charge on any atom is -0.402 e. The summed E-state index contributed by atoms with van der Waals surface area (Å²) in [5.41, 5.74) is 0.698. The molecule has 26 heavy (non-hydrogen) atoms. The molecule has 0 fully saturated rings. The lowest BCUT2D eigenvalue weighted by Crippen LogP contribution is -2.22. The topological polar surface area (TPSA) is 72.2 Å². The normalized spacial score (nSPS) is 12.2. The molecule has 0 saturated heterocycles. The van der Waals surface area contributed by atoms with Crippen LogP contribution in [0, 0.1) is 5.92 Å². The number of nitrogens with zero attached hydrogens (tertiary/aromatic N) is 1. The largest absolute Gasteiger partial charge is 0.402 e. The van der Waals surface area contributed by atoms with E-state index in [0.29, 0.717) is 22.5 Å². The van der Waals surface area contributed by atoms with Crippen molar-refractivity contribution in [3.05, 3.63) is 46.1 Å². The van der Waals surface area contributed by atoms with E-state index in [1.54, 1.807) is 18.2 Å². The van der Waals surface area contributed by atoms with Crippen molar-refractivity contribution in [1.29, 1.82) is 0 Å². The number of carbonyl (C=O) groups excluding carboxylic acids is 1. The lowest BCUT2D eigenvalue weighted by molar-refractivity contribution is -0.120. The van der Waals surface area contributed by atoms with Gasteiger partial charge in [0.1, 0.15) is 0 Å². The van der Waals surface area contributed by atoms with Crippen LogP contribution in [0.15, 0.2) is 44.9 Å². The lowest BCUT2D eigenvalue weighted by Gasteiger charge is -2.14.